The average Bonchev–Trinajstić information content (AvgIpc) is 2.71. The van der Waals surface area contributed by atoms with Crippen molar-refractivity contribution in [2.24, 2.45) is 0 Å². The number of carbonyl (C=O) groups is 1. The molecule has 0 fully saturated rings. The number of hydrogen-bond acceptors (Lipinski definition) is 4. The van der Waals surface area contributed by atoms with Gasteiger partial charge in [0, 0.05) is 18.2 Å². The molecular weight excluding hydrogens is 424 g/mol. The minimum absolute atomic E-state index is 0.0590. The number of halogens is 2. The molecule has 0 heterocycles. The number of nitrogens with zero attached hydrogens (tertiary/aromatic N) is 1. The minimum atomic E-state index is -4.14. The lowest BCUT2D eigenvalue weighted by Gasteiger charge is -2.27. The highest BCUT2D eigenvalue weighted by molar-refractivity contribution is 7.87. The van der Waals surface area contributed by atoms with Crippen LogP contribution in [0.25, 0.3) is 0 Å². The number of amides is 1. The monoisotopic (exact) mass is 445 g/mol. The Hall–Kier alpha value is -3.26. The highest BCUT2D eigenvalue weighted by Crippen LogP contribution is 2.22. The summed E-state index contributed by atoms with van der Waals surface area (Å²) in [4.78, 5) is 14.2. The van der Waals surface area contributed by atoms with Gasteiger partial charge in [-0.3, -0.25) is 4.79 Å². The Morgan fingerprint density at radius 2 is 1.61 bits per heavy atom. The Bertz CT molecular complexity index is 1180. The van der Waals surface area contributed by atoms with Crippen molar-refractivity contribution in [3.8, 4) is 5.75 Å². The molecule has 3 aromatic rings. The Morgan fingerprint density at radius 3 is 2.26 bits per heavy atom. The highest BCUT2D eigenvalue weighted by Gasteiger charge is 2.21. The summed E-state index contributed by atoms with van der Waals surface area (Å²) in [7, 11) is -4.14. The van der Waals surface area contributed by atoms with Gasteiger partial charge in [-0.15, -0.1) is 0 Å². The first-order valence-corrected chi connectivity index (χ1v) is 10.9. The van der Waals surface area contributed by atoms with Gasteiger partial charge < -0.3 is 9.08 Å². The average molecular weight is 445 g/mol. The van der Waals surface area contributed by atoms with Gasteiger partial charge in [0.25, 0.3) is 5.91 Å². The topological polar surface area (TPSA) is 63.7 Å². The van der Waals surface area contributed by atoms with Crippen molar-refractivity contribution in [3.63, 3.8) is 0 Å². The van der Waals surface area contributed by atoms with E-state index in [0.717, 1.165) is 24.3 Å². The second kappa shape index (κ2) is 9.26. The SMILES string of the molecule is CC(C)N(Cc1cccc(OS(=O)(=O)c2ccc(F)cc2)c1)C(=O)c1cccc(F)c1. The van der Waals surface area contributed by atoms with E-state index in [4.69, 9.17) is 4.18 Å². The van der Waals surface area contributed by atoms with Crippen molar-refractivity contribution in [2.75, 3.05) is 0 Å². The van der Waals surface area contributed by atoms with Crippen LogP contribution in [0.1, 0.15) is 29.8 Å². The second-order valence-corrected chi connectivity index (χ2v) is 8.72. The van der Waals surface area contributed by atoms with Crippen LogP contribution < -0.4 is 4.18 Å². The lowest BCUT2D eigenvalue weighted by atomic mass is 10.1. The molecule has 0 N–H and O–H groups in total. The summed E-state index contributed by atoms with van der Waals surface area (Å²) in [6.45, 7) is 3.83. The van der Waals surface area contributed by atoms with Gasteiger partial charge in [-0.25, -0.2) is 8.78 Å². The zero-order valence-corrected chi connectivity index (χ0v) is 17.8. The van der Waals surface area contributed by atoms with Crippen LogP contribution in [0.4, 0.5) is 8.78 Å². The fourth-order valence-electron chi connectivity index (χ4n) is 2.94. The van der Waals surface area contributed by atoms with E-state index < -0.39 is 21.8 Å². The van der Waals surface area contributed by atoms with Crippen molar-refractivity contribution in [3.05, 3.63) is 95.6 Å². The zero-order valence-electron chi connectivity index (χ0n) is 17.0. The molecular formula is C23H21F2NO4S. The molecule has 0 atom stereocenters. The molecule has 0 aliphatic heterocycles. The maximum absolute atomic E-state index is 13.5. The lowest BCUT2D eigenvalue weighted by Crippen LogP contribution is -2.36. The van der Waals surface area contributed by atoms with Gasteiger partial charge in [0.15, 0.2) is 0 Å². The van der Waals surface area contributed by atoms with Crippen LogP contribution in [0.15, 0.2) is 77.7 Å². The summed E-state index contributed by atoms with van der Waals surface area (Å²) in [6, 6.07) is 15.9. The van der Waals surface area contributed by atoms with Crippen LogP contribution in [0.5, 0.6) is 5.75 Å². The molecule has 3 rings (SSSR count). The standard InChI is InChI=1S/C23H21F2NO4S/c1-16(2)26(23(27)18-6-4-7-20(25)14-18)15-17-5-3-8-21(13-17)30-31(28,29)22-11-9-19(24)10-12-22/h3-14,16H,15H2,1-2H3. The molecule has 0 aromatic heterocycles. The van der Waals surface area contributed by atoms with Gasteiger partial charge in [-0.05, 0) is 74.0 Å². The van der Waals surface area contributed by atoms with Crippen LogP contribution in [0.2, 0.25) is 0 Å². The van der Waals surface area contributed by atoms with Gasteiger partial charge in [-0.2, -0.15) is 8.42 Å². The molecule has 0 aliphatic carbocycles. The fraction of sp³-hybridized carbons (Fsp3) is 0.174. The first-order chi connectivity index (χ1) is 14.7. The van der Waals surface area contributed by atoms with Crippen LogP contribution in [0, 0.1) is 11.6 Å². The number of carbonyl (C=O) groups excluding carboxylic acids is 1. The molecule has 1 amide bonds. The largest absolute Gasteiger partial charge is 0.379 e. The number of hydrogen-bond donors (Lipinski definition) is 0. The molecule has 0 saturated carbocycles. The van der Waals surface area contributed by atoms with Gasteiger partial charge in [-0.1, -0.05) is 18.2 Å². The van der Waals surface area contributed by atoms with Crippen molar-refractivity contribution in [1.82, 2.24) is 4.90 Å². The Balaban J connectivity index is 1.81. The maximum atomic E-state index is 13.5. The van der Waals surface area contributed by atoms with Crippen molar-refractivity contribution < 1.29 is 26.2 Å². The van der Waals surface area contributed by atoms with Crippen molar-refractivity contribution >= 4 is 16.0 Å². The number of benzene rings is 3. The summed E-state index contributed by atoms with van der Waals surface area (Å²) >= 11 is 0. The van der Waals surface area contributed by atoms with Crippen LogP contribution in [-0.2, 0) is 16.7 Å². The molecule has 162 valence electrons. The van der Waals surface area contributed by atoms with E-state index in [9.17, 15) is 22.0 Å². The van der Waals surface area contributed by atoms with E-state index in [-0.39, 0.29) is 34.7 Å². The molecule has 5 nitrogen and oxygen atoms in total. The second-order valence-electron chi connectivity index (χ2n) is 7.18. The predicted molar refractivity (Wildman–Crippen MR) is 112 cm³/mol. The molecule has 31 heavy (non-hydrogen) atoms. The lowest BCUT2D eigenvalue weighted by molar-refractivity contribution is 0.0689. The normalized spacial score (nSPS) is 11.4. The van der Waals surface area contributed by atoms with Crippen molar-refractivity contribution in [1.29, 1.82) is 0 Å². The minimum Gasteiger partial charge on any atom is -0.379 e. The fourth-order valence-corrected chi connectivity index (χ4v) is 3.87. The molecule has 0 spiro atoms. The van der Waals surface area contributed by atoms with E-state index >= 15 is 0 Å². The number of rotatable bonds is 7. The van der Waals surface area contributed by atoms with Gasteiger partial charge in [0.2, 0.25) is 0 Å². The molecule has 0 saturated heterocycles. The predicted octanol–water partition coefficient (Wildman–Crippen LogP) is 4.78. The van der Waals surface area contributed by atoms with Gasteiger partial charge in [0.05, 0.1) is 0 Å². The van der Waals surface area contributed by atoms with E-state index in [1.807, 2.05) is 13.8 Å². The molecule has 3 aromatic carbocycles. The smallest absolute Gasteiger partial charge is 0.339 e. The van der Waals surface area contributed by atoms with Crippen LogP contribution in [0.3, 0.4) is 0 Å². The van der Waals surface area contributed by atoms with E-state index in [0.29, 0.717) is 5.56 Å². The highest BCUT2D eigenvalue weighted by atomic mass is 32.2. The van der Waals surface area contributed by atoms with E-state index in [2.05, 4.69) is 0 Å². The quantitative estimate of drug-likeness (QED) is 0.491. The van der Waals surface area contributed by atoms with Crippen LogP contribution >= 0.6 is 0 Å². The summed E-state index contributed by atoms with van der Waals surface area (Å²) in [5, 5.41) is 0. The summed E-state index contributed by atoms with van der Waals surface area (Å²) in [5.41, 5.74) is 0.852. The maximum Gasteiger partial charge on any atom is 0.339 e. The van der Waals surface area contributed by atoms with Crippen molar-refractivity contribution in [2.45, 2.75) is 31.3 Å². The third kappa shape index (κ3) is 5.67. The van der Waals surface area contributed by atoms with E-state index in [1.165, 1.54) is 36.4 Å². The zero-order chi connectivity index (χ0) is 22.6. The summed E-state index contributed by atoms with van der Waals surface area (Å²) in [6.07, 6.45) is 0. The third-order valence-electron chi connectivity index (χ3n) is 4.52. The molecule has 0 bridgehead atoms. The summed E-state index contributed by atoms with van der Waals surface area (Å²) < 4.78 is 56.6. The summed E-state index contributed by atoms with van der Waals surface area (Å²) in [5.74, 6) is -1.35. The molecule has 8 heteroatoms. The first kappa shape index (κ1) is 22.4. The van der Waals surface area contributed by atoms with E-state index in [1.54, 1.807) is 17.0 Å². The Morgan fingerprint density at radius 1 is 0.935 bits per heavy atom. The van der Waals surface area contributed by atoms with Gasteiger partial charge in [0.1, 0.15) is 22.3 Å². The first-order valence-electron chi connectivity index (χ1n) is 9.51. The van der Waals surface area contributed by atoms with Crippen LogP contribution in [-0.4, -0.2) is 25.3 Å². The Kier molecular flexibility index (Phi) is 6.70. The Labute approximate surface area is 180 Å². The molecule has 0 aliphatic rings. The molecule has 0 radical (unpaired) electrons. The molecule has 0 unspecified atom stereocenters. The van der Waals surface area contributed by atoms with Gasteiger partial charge >= 0.3 is 10.1 Å². The third-order valence-corrected chi connectivity index (χ3v) is 5.78.